The molecule has 0 bridgehead atoms. The van der Waals surface area contributed by atoms with Crippen LogP contribution in [-0.4, -0.2) is 5.97 Å². The van der Waals surface area contributed by atoms with E-state index in [9.17, 15) is 4.79 Å². The Balaban J connectivity index is 1.94. The zero-order chi connectivity index (χ0) is 18.8. The number of halogens is 1. The number of carbonyl (C=O) groups excluding carboxylic acids is 1. The first-order valence-electron chi connectivity index (χ1n) is 9.73. The molecule has 2 aromatic rings. The number of benzene rings is 2. The van der Waals surface area contributed by atoms with E-state index in [4.69, 9.17) is 16.3 Å². The second kappa shape index (κ2) is 11.0. The normalized spacial score (nSPS) is 10.7. The van der Waals surface area contributed by atoms with Gasteiger partial charge >= 0.3 is 5.97 Å². The zero-order valence-corrected chi connectivity index (χ0v) is 16.6. The lowest BCUT2D eigenvalue weighted by Crippen LogP contribution is -2.09. The highest BCUT2D eigenvalue weighted by Crippen LogP contribution is 2.22. The number of ether oxygens (including phenoxy) is 1. The fourth-order valence-corrected chi connectivity index (χ4v) is 3.20. The summed E-state index contributed by atoms with van der Waals surface area (Å²) >= 11 is 6.30. The van der Waals surface area contributed by atoms with Crippen LogP contribution in [0.25, 0.3) is 0 Å². The van der Waals surface area contributed by atoms with E-state index in [0.29, 0.717) is 16.3 Å². The Morgan fingerprint density at radius 3 is 2.00 bits per heavy atom. The van der Waals surface area contributed by atoms with Gasteiger partial charge in [0.05, 0.1) is 10.6 Å². The molecule has 0 aliphatic heterocycles. The quantitative estimate of drug-likeness (QED) is 0.254. The Hall–Kier alpha value is -1.80. The molecule has 0 aliphatic rings. The first-order valence-corrected chi connectivity index (χ1v) is 10.1. The molecule has 0 atom stereocenters. The smallest absolute Gasteiger partial charge is 0.345 e. The third kappa shape index (κ3) is 6.49. The average molecular weight is 373 g/mol. The fraction of sp³-hybridized carbons (Fsp3) is 0.435. The Labute approximate surface area is 162 Å². The summed E-state index contributed by atoms with van der Waals surface area (Å²) < 4.78 is 5.48. The lowest BCUT2D eigenvalue weighted by molar-refractivity contribution is 0.0735. The maximum absolute atomic E-state index is 12.4. The van der Waals surface area contributed by atoms with Gasteiger partial charge in [-0.2, -0.15) is 0 Å². The number of unbranched alkanes of at least 4 members (excludes halogenated alkanes) is 4. The van der Waals surface area contributed by atoms with Gasteiger partial charge in [-0.3, -0.25) is 0 Å². The molecule has 0 fully saturated rings. The van der Waals surface area contributed by atoms with Crippen molar-refractivity contribution in [1.29, 1.82) is 0 Å². The maximum atomic E-state index is 12.4. The Morgan fingerprint density at radius 1 is 0.846 bits per heavy atom. The van der Waals surface area contributed by atoms with Gasteiger partial charge in [-0.15, -0.1) is 0 Å². The van der Waals surface area contributed by atoms with E-state index >= 15 is 0 Å². The van der Waals surface area contributed by atoms with Crippen LogP contribution in [0.1, 0.15) is 73.9 Å². The van der Waals surface area contributed by atoms with Gasteiger partial charge < -0.3 is 4.74 Å². The minimum absolute atomic E-state index is 0.408. The lowest BCUT2D eigenvalue weighted by Gasteiger charge is -2.08. The minimum Gasteiger partial charge on any atom is -0.423 e. The summed E-state index contributed by atoms with van der Waals surface area (Å²) in [7, 11) is 0. The molecular formula is C23H29ClO2. The van der Waals surface area contributed by atoms with E-state index in [1.807, 2.05) is 36.4 Å². The summed E-state index contributed by atoms with van der Waals surface area (Å²) in [5.41, 5.74) is 2.85. The zero-order valence-electron chi connectivity index (χ0n) is 15.9. The third-order valence-electron chi connectivity index (χ3n) is 4.53. The van der Waals surface area contributed by atoms with E-state index in [-0.39, 0.29) is 0 Å². The molecule has 0 radical (unpaired) electrons. The van der Waals surface area contributed by atoms with E-state index in [2.05, 4.69) is 13.8 Å². The summed E-state index contributed by atoms with van der Waals surface area (Å²) in [6.07, 6.45) is 9.23. The molecule has 2 rings (SSSR count). The molecule has 0 aliphatic carbocycles. The number of esters is 1. The summed E-state index contributed by atoms with van der Waals surface area (Å²) in [5, 5.41) is 0.459. The van der Waals surface area contributed by atoms with Crippen LogP contribution >= 0.6 is 11.6 Å². The number of carbonyl (C=O) groups is 1. The molecule has 140 valence electrons. The average Bonchev–Trinajstić information content (AvgIpc) is 2.63. The molecule has 0 saturated carbocycles. The molecule has 0 unspecified atom stereocenters. The summed E-state index contributed by atoms with van der Waals surface area (Å²) in [4.78, 5) is 12.4. The van der Waals surface area contributed by atoms with Crippen LogP contribution in [0, 0.1) is 0 Å². The SMILES string of the molecule is CCCCCc1ccc(OC(=O)c2ccc(CCCCC)cc2Cl)cc1. The van der Waals surface area contributed by atoms with Gasteiger partial charge in [0.25, 0.3) is 0 Å². The molecule has 0 amide bonds. The van der Waals surface area contributed by atoms with Gasteiger partial charge in [-0.25, -0.2) is 4.79 Å². The van der Waals surface area contributed by atoms with Crippen molar-refractivity contribution in [3.63, 3.8) is 0 Å². The molecule has 0 heterocycles. The van der Waals surface area contributed by atoms with Crippen molar-refractivity contribution in [1.82, 2.24) is 0 Å². The van der Waals surface area contributed by atoms with Crippen molar-refractivity contribution >= 4 is 17.6 Å². The van der Waals surface area contributed by atoms with Gasteiger partial charge in [0.2, 0.25) is 0 Å². The van der Waals surface area contributed by atoms with Gasteiger partial charge in [-0.1, -0.05) is 69.3 Å². The van der Waals surface area contributed by atoms with Crippen LogP contribution in [0.5, 0.6) is 5.75 Å². The van der Waals surface area contributed by atoms with Crippen LogP contribution in [0.2, 0.25) is 5.02 Å². The molecule has 0 spiro atoms. The Bertz CT molecular complexity index is 692. The summed E-state index contributed by atoms with van der Waals surface area (Å²) in [6, 6.07) is 13.4. The monoisotopic (exact) mass is 372 g/mol. The second-order valence-corrected chi connectivity index (χ2v) is 7.17. The first kappa shape index (κ1) is 20.5. The van der Waals surface area contributed by atoms with Crippen LogP contribution in [0.4, 0.5) is 0 Å². The third-order valence-corrected chi connectivity index (χ3v) is 4.84. The van der Waals surface area contributed by atoms with Crippen LogP contribution in [0.3, 0.4) is 0 Å². The van der Waals surface area contributed by atoms with Gasteiger partial charge in [0.1, 0.15) is 5.75 Å². The second-order valence-electron chi connectivity index (χ2n) is 6.76. The highest BCUT2D eigenvalue weighted by atomic mass is 35.5. The number of rotatable bonds is 10. The lowest BCUT2D eigenvalue weighted by atomic mass is 10.1. The predicted molar refractivity (Wildman–Crippen MR) is 109 cm³/mol. The van der Waals surface area contributed by atoms with Crippen LogP contribution < -0.4 is 4.74 Å². The van der Waals surface area contributed by atoms with Gasteiger partial charge in [0, 0.05) is 0 Å². The molecule has 2 aromatic carbocycles. The Kier molecular flexibility index (Phi) is 8.70. The number of hydrogen-bond acceptors (Lipinski definition) is 2. The number of hydrogen-bond donors (Lipinski definition) is 0. The van der Waals surface area contributed by atoms with Gasteiger partial charge in [-0.05, 0) is 61.1 Å². The van der Waals surface area contributed by atoms with Crippen molar-refractivity contribution in [3.05, 3.63) is 64.2 Å². The standard InChI is InChI=1S/C23H29ClO2/c1-3-5-7-9-18-11-14-20(15-12-18)26-23(25)21-16-13-19(17-22(21)24)10-8-6-4-2/h11-17H,3-10H2,1-2H3. The molecule has 0 aromatic heterocycles. The molecule has 2 nitrogen and oxygen atoms in total. The van der Waals surface area contributed by atoms with Crippen LogP contribution in [0.15, 0.2) is 42.5 Å². The van der Waals surface area contributed by atoms with E-state index in [0.717, 1.165) is 24.8 Å². The highest BCUT2D eigenvalue weighted by molar-refractivity contribution is 6.33. The topological polar surface area (TPSA) is 26.3 Å². The predicted octanol–water partition coefficient (Wildman–Crippen LogP) is 7.02. The molecular weight excluding hydrogens is 344 g/mol. The van der Waals surface area contributed by atoms with Crippen LogP contribution in [-0.2, 0) is 12.8 Å². The fourth-order valence-electron chi connectivity index (χ4n) is 2.92. The largest absolute Gasteiger partial charge is 0.423 e. The summed E-state index contributed by atoms with van der Waals surface area (Å²) in [5.74, 6) is 0.145. The first-order chi connectivity index (χ1) is 12.6. The molecule has 3 heteroatoms. The van der Waals surface area contributed by atoms with Crippen molar-refractivity contribution in [3.8, 4) is 5.75 Å². The highest BCUT2D eigenvalue weighted by Gasteiger charge is 2.13. The van der Waals surface area contributed by atoms with E-state index in [1.165, 1.54) is 37.7 Å². The minimum atomic E-state index is -0.408. The Morgan fingerprint density at radius 2 is 1.42 bits per heavy atom. The molecule has 0 N–H and O–H groups in total. The molecule has 0 saturated heterocycles. The molecule has 26 heavy (non-hydrogen) atoms. The van der Waals surface area contributed by atoms with Crippen molar-refractivity contribution in [2.45, 2.75) is 65.2 Å². The van der Waals surface area contributed by atoms with Crippen molar-refractivity contribution in [2.24, 2.45) is 0 Å². The van der Waals surface area contributed by atoms with E-state index < -0.39 is 5.97 Å². The van der Waals surface area contributed by atoms with E-state index in [1.54, 1.807) is 6.07 Å². The van der Waals surface area contributed by atoms with Gasteiger partial charge in [0.15, 0.2) is 0 Å². The maximum Gasteiger partial charge on any atom is 0.345 e. The summed E-state index contributed by atoms with van der Waals surface area (Å²) in [6.45, 7) is 4.38. The van der Waals surface area contributed by atoms with Crippen molar-refractivity contribution < 1.29 is 9.53 Å². The van der Waals surface area contributed by atoms with Crippen molar-refractivity contribution in [2.75, 3.05) is 0 Å². The number of aryl methyl sites for hydroxylation is 2.